The highest BCUT2D eigenvalue weighted by atomic mass is 19.1. The maximum Gasteiger partial charge on any atom is 0.227 e. The summed E-state index contributed by atoms with van der Waals surface area (Å²) >= 11 is 0. The van der Waals surface area contributed by atoms with Gasteiger partial charge in [-0.3, -0.25) is 0 Å². The summed E-state index contributed by atoms with van der Waals surface area (Å²) in [6.45, 7) is 6.18. The number of anilines is 3. The zero-order valence-corrected chi connectivity index (χ0v) is 19.8. The van der Waals surface area contributed by atoms with Crippen molar-refractivity contribution in [2.24, 2.45) is 0 Å². The summed E-state index contributed by atoms with van der Waals surface area (Å²) in [5.74, 6) is 0.375. The molecule has 1 aliphatic heterocycles. The van der Waals surface area contributed by atoms with E-state index in [1.165, 1.54) is 11.8 Å². The molecule has 176 valence electrons. The molecule has 0 spiro atoms. The number of hydrogen-bond donors (Lipinski definition) is 2. The van der Waals surface area contributed by atoms with Crippen LogP contribution < -0.4 is 15.5 Å². The predicted octanol–water partition coefficient (Wildman–Crippen LogP) is 5.30. The van der Waals surface area contributed by atoms with Gasteiger partial charge in [0, 0.05) is 54.7 Å². The molecule has 1 fully saturated rings. The second-order valence-corrected chi connectivity index (χ2v) is 9.51. The number of fused-ring (bicyclic) bond motifs is 3. The van der Waals surface area contributed by atoms with Crippen LogP contribution in [0.25, 0.3) is 11.3 Å². The second kappa shape index (κ2) is 8.78. The zero-order valence-electron chi connectivity index (χ0n) is 19.8. The molecule has 1 saturated heterocycles. The summed E-state index contributed by atoms with van der Waals surface area (Å²) in [6, 6.07) is 23.7. The van der Waals surface area contributed by atoms with Crippen molar-refractivity contribution in [1.29, 1.82) is 0 Å². The molecule has 2 N–H and O–H groups in total. The number of aromatic nitrogens is 2. The number of hydrogen-bond acceptors (Lipinski definition) is 5. The molecule has 4 aromatic rings. The van der Waals surface area contributed by atoms with E-state index in [1.54, 1.807) is 6.07 Å². The quantitative estimate of drug-likeness (QED) is 0.429. The third kappa shape index (κ3) is 3.94. The van der Waals surface area contributed by atoms with Crippen LogP contribution in [0.1, 0.15) is 23.6 Å². The van der Waals surface area contributed by atoms with Crippen LogP contribution in [-0.2, 0) is 11.8 Å². The first-order valence-corrected chi connectivity index (χ1v) is 12.2. The molecule has 1 aromatic heterocycles. The Labute approximate surface area is 205 Å². The number of halogens is 1. The maximum atomic E-state index is 14.9. The fourth-order valence-electron chi connectivity index (χ4n) is 5.43. The van der Waals surface area contributed by atoms with Gasteiger partial charge in [-0.1, -0.05) is 49.4 Å². The molecular weight excluding hydrogens is 437 g/mol. The number of nitrogens with one attached hydrogen (secondary N) is 2. The highest BCUT2D eigenvalue weighted by Crippen LogP contribution is 2.46. The SMILES string of the molecule is CC1(c2ccccc2F)Cc2cnc(Nc3ccc(N4CCNCC4)cc3)nc2-c2ccccc21. The van der Waals surface area contributed by atoms with Gasteiger partial charge in [0.25, 0.3) is 0 Å². The van der Waals surface area contributed by atoms with Gasteiger partial charge in [-0.2, -0.15) is 0 Å². The van der Waals surface area contributed by atoms with Gasteiger partial charge in [-0.15, -0.1) is 0 Å². The van der Waals surface area contributed by atoms with Crippen molar-refractivity contribution in [2.75, 3.05) is 36.4 Å². The topological polar surface area (TPSA) is 53.1 Å². The Morgan fingerprint density at radius 3 is 2.40 bits per heavy atom. The van der Waals surface area contributed by atoms with Crippen molar-refractivity contribution in [3.63, 3.8) is 0 Å². The van der Waals surface area contributed by atoms with Crippen LogP contribution in [0.2, 0.25) is 0 Å². The third-order valence-electron chi connectivity index (χ3n) is 7.26. The third-order valence-corrected chi connectivity index (χ3v) is 7.26. The van der Waals surface area contributed by atoms with Crippen LogP contribution in [0.4, 0.5) is 21.7 Å². The van der Waals surface area contributed by atoms with Gasteiger partial charge in [0.2, 0.25) is 5.95 Å². The van der Waals surface area contributed by atoms with Crippen LogP contribution in [0.3, 0.4) is 0 Å². The Hall–Kier alpha value is -3.77. The highest BCUT2D eigenvalue weighted by molar-refractivity contribution is 5.74. The van der Waals surface area contributed by atoms with Crippen LogP contribution in [-0.4, -0.2) is 36.1 Å². The molecule has 3 aromatic carbocycles. The Morgan fingerprint density at radius 2 is 1.63 bits per heavy atom. The lowest BCUT2D eigenvalue weighted by atomic mass is 9.66. The molecule has 1 unspecified atom stereocenters. The Balaban J connectivity index is 1.31. The largest absolute Gasteiger partial charge is 0.369 e. The summed E-state index contributed by atoms with van der Waals surface area (Å²) in [6.07, 6.45) is 2.52. The van der Waals surface area contributed by atoms with E-state index in [2.05, 4.69) is 63.8 Å². The number of benzene rings is 3. The second-order valence-electron chi connectivity index (χ2n) is 9.51. The van der Waals surface area contributed by atoms with Crippen molar-refractivity contribution < 1.29 is 4.39 Å². The molecular formula is C29H28FN5. The van der Waals surface area contributed by atoms with Gasteiger partial charge >= 0.3 is 0 Å². The van der Waals surface area contributed by atoms with Crippen molar-refractivity contribution in [1.82, 2.24) is 15.3 Å². The average molecular weight is 466 g/mol. The van der Waals surface area contributed by atoms with Gasteiger partial charge in [0.05, 0.1) is 5.69 Å². The molecule has 0 radical (unpaired) electrons. The van der Waals surface area contributed by atoms with Crippen molar-refractivity contribution >= 4 is 17.3 Å². The molecule has 0 amide bonds. The molecule has 0 bridgehead atoms. The molecule has 0 saturated carbocycles. The van der Waals surface area contributed by atoms with Gasteiger partial charge in [-0.05, 0) is 53.4 Å². The summed E-state index contributed by atoms with van der Waals surface area (Å²) in [5, 5.41) is 6.75. The molecule has 1 atom stereocenters. The minimum atomic E-state index is -0.493. The van der Waals surface area contributed by atoms with Gasteiger partial charge < -0.3 is 15.5 Å². The summed E-state index contributed by atoms with van der Waals surface area (Å²) in [4.78, 5) is 11.9. The van der Waals surface area contributed by atoms with Gasteiger partial charge in [0.1, 0.15) is 5.82 Å². The minimum absolute atomic E-state index is 0.184. The summed E-state index contributed by atoms with van der Waals surface area (Å²) < 4.78 is 14.9. The minimum Gasteiger partial charge on any atom is -0.369 e. The molecule has 1 aliphatic carbocycles. The van der Waals surface area contributed by atoms with E-state index in [0.717, 1.165) is 54.3 Å². The Morgan fingerprint density at radius 1 is 0.914 bits per heavy atom. The van der Waals surface area contributed by atoms with Crippen LogP contribution in [0.15, 0.2) is 79.0 Å². The van der Waals surface area contributed by atoms with Gasteiger partial charge in [-0.25, -0.2) is 14.4 Å². The van der Waals surface area contributed by atoms with E-state index in [4.69, 9.17) is 4.98 Å². The van der Waals surface area contributed by atoms with Crippen LogP contribution in [0, 0.1) is 5.82 Å². The van der Waals surface area contributed by atoms with Crippen molar-refractivity contribution in [3.8, 4) is 11.3 Å². The number of nitrogens with zero attached hydrogens (tertiary/aromatic N) is 3. The highest BCUT2D eigenvalue weighted by Gasteiger charge is 2.38. The van der Waals surface area contributed by atoms with E-state index in [-0.39, 0.29) is 5.82 Å². The smallest absolute Gasteiger partial charge is 0.227 e. The standard InChI is InChI=1S/C29H28FN5/c1-29(25-8-4-5-9-26(25)30)18-20-19-32-28(34-27(20)23-6-2-3-7-24(23)29)33-21-10-12-22(13-11-21)35-16-14-31-15-17-35/h2-13,19,31H,14-18H2,1H3,(H,32,33,34). The fourth-order valence-corrected chi connectivity index (χ4v) is 5.43. The fraction of sp³-hybridized carbons (Fsp3) is 0.241. The van der Waals surface area contributed by atoms with E-state index < -0.39 is 5.41 Å². The first kappa shape index (κ1) is 21.7. The summed E-state index contributed by atoms with van der Waals surface area (Å²) in [7, 11) is 0. The molecule has 2 aliphatic rings. The van der Waals surface area contributed by atoms with Crippen LogP contribution in [0.5, 0.6) is 0 Å². The average Bonchev–Trinajstić information content (AvgIpc) is 2.90. The lowest BCUT2D eigenvalue weighted by molar-refractivity contribution is 0.507. The van der Waals surface area contributed by atoms with Crippen LogP contribution >= 0.6 is 0 Å². The lowest BCUT2D eigenvalue weighted by Crippen LogP contribution is -2.43. The van der Waals surface area contributed by atoms with E-state index in [0.29, 0.717) is 17.9 Å². The monoisotopic (exact) mass is 465 g/mol. The predicted molar refractivity (Wildman–Crippen MR) is 139 cm³/mol. The first-order chi connectivity index (χ1) is 17.1. The molecule has 35 heavy (non-hydrogen) atoms. The van der Waals surface area contributed by atoms with Gasteiger partial charge in [0.15, 0.2) is 0 Å². The number of rotatable bonds is 4. The van der Waals surface area contributed by atoms with Crippen molar-refractivity contribution in [3.05, 3.63) is 102 Å². The Bertz CT molecular complexity index is 1360. The number of piperazine rings is 1. The Kier molecular flexibility index (Phi) is 5.46. The van der Waals surface area contributed by atoms with E-state index in [1.807, 2.05) is 30.5 Å². The first-order valence-electron chi connectivity index (χ1n) is 12.2. The van der Waals surface area contributed by atoms with E-state index >= 15 is 0 Å². The molecule has 6 rings (SSSR count). The normalized spacial score (nSPS) is 19.1. The van der Waals surface area contributed by atoms with E-state index in [9.17, 15) is 4.39 Å². The lowest BCUT2D eigenvalue weighted by Gasteiger charge is -2.37. The molecule has 5 nitrogen and oxygen atoms in total. The summed E-state index contributed by atoms with van der Waals surface area (Å²) in [5.41, 5.74) is 6.42. The molecule has 6 heteroatoms. The van der Waals surface area contributed by atoms with Crippen molar-refractivity contribution in [2.45, 2.75) is 18.8 Å². The maximum absolute atomic E-state index is 14.9. The zero-order chi connectivity index (χ0) is 23.8. The molecule has 2 heterocycles.